The lowest BCUT2D eigenvalue weighted by Gasteiger charge is -2.06. The predicted molar refractivity (Wildman–Crippen MR) is 98.7 cm³/mol. The number of nitrogens with zero attached hydrogens (tertiary/aromatic N) is 1. The number of halogens is 1. The second kappa shape index (κ2) is 9.54. The molecule has 2 aromatic carbocycles. The quantitative estimate of drug-likeness (QED) is 0.447. The largest absolute Gasteiger partial charge is 0.493 e. The van der Waals surface area contributed by atoms with Gasteiger partial charge in [0.2, 0.25) is 0 Å². The summed E-state index contributed by atoms with van der Waals surface area (Å²) in [5, 5.41) is 0.621. The highest BCUT2D eigenvalue weighted by molar-refractivity contribution is 9.10. The van der Waals surface area contributed by atoms with E-state index in [1.54, 1.807) is 0 Å². The lowest BCUT2D eigenvalue weighted by atomic mass is 10.2. The summed E-state index contributed by atoms with van der Waals surface area (Å²) in [5.74, 6) is 1.65. The summed E-state index contributed by atoms with van der Waals surface area (Å²) in [7, 11) is 0. The van der Waals surface area contributed by atoms with Gasteiger partial charge in [-0.3, -0.25) is 4.99 Å². The molecule has 22 heavy (non-hydrogen) atoms. The Bertz CT molecular complexity index is 587. The van der Waals surface area contributed by atoms with Crippen LogP contribution in [0.2, 0.25) is 0 Å². The van der Waals surface area contributed by atoms with Crippen LogP contribution in [0.3, 0.4) is 0 Å². The van der Waals surface area contributed by atoms with Crippen LogP contribution in [0.25, 0.3) is 0 Å². The highest BCUT2D eigenvalue weighted by atomic mass is 79.9. The fraction of sp³-hybridized carbons (Fsp3) is 0.235. The van der Waals surface area contributed by atoms with E-state index in [2.05, 4.69) is 33.1 Å². The molecule has 0 saturated heterocycles. The molecule has 0 aliphatic rings. The topological polar surface area (TPSA) is 47.6 Å². The molecule has 0 saturated carbocycles. The first-order valence-electron chi connectivity index (χ1n) is 7.09. The number of thioether (sulfide) groups is 1. The third kappa shape index (κ3) is 6.54. The molecule has 0 bridgehead atoms. The summed E-state index contributed by atoms with van der Waals surface area (Å²) in [6.45, 7) is 1.33. The Hall–Kier alpha value is -1.46. The molecule has 0 atom stereocenters. The second-order valence-electron chi connectivity index (χ2n) is 4.61. The molecule has 0 aliphatic carbocycles. The smallest absolute Gasteiger partial charge is 0.154 e. The van der Waals surface area contributed by atoms with Gasteiger partial charge >= 0.3 is 0 Å². The molecule has 0 spiro atoms. The first-order chi connectivity index (χ1) is 10.7. The van der Waals surface area contributed by atoms with Crippen molar-refractivity contribution in [3.8, 4) is 5.75 Å². The summed E-state index contributed by atoms with van der Waals surface area (Å²) >= 11 is 4.92. The number of amidine groups is 1. The molecule has 2 N–H and O–H groups in total. The van der Waals surface area contributed by atoms with Crippen molar-refractivity contribution in [1.82, 2.24) is 0 Å². The highest BCUT2D eigenvalue weighted by Gasteiger charge is 1.97. The normalized spacial score (nSPS) is 11.4. The maximum absolute atomic E-state index is 5.89. The minimum Gasteiger partial charge on any atom is -0.493 e. The van der Waals surface area contributed by atoms with Crippen molar-refractivity contribution in [2.45, 2.75) is 6.42 Å². The highest BCUT2D eigenvalue weighted by Crippen LogP contribution is 2.16. The van der Waals surface area contributed by atoms with Crippen LogP contribution in [-0.2, 0) is 6.42 Å². The van der Waals surface area contributed by atoms with Crippen LogP contribution in [0.4, 0.5) is 0 Å². The molecule has 5 heteroatoms. The van der Waals surface area contributed by atoms with E-state index in [0.29, 0.717) is 11.8 Å². The van der Waals surface area contributed by atoms with E-state index in [1.165, 1.54) is 17.3 Å². The number of ether oxygens (including phenoxy) is 1. The standard InChI is InChI=1S/C17H19BrN2OS/c18-15-6-8-16(9-7-15)21-12-13-22-17(19)20-11-10-14-4-2-1-3-5-14/h1-9H,10-13H2,(H2,19,20). The zero-order valence-electron chi connectivity index (χ0n) is 12.2. The van der Waals surface area contributed by atoms with Gasteiger partial charge in [-0.25, -0.2) is 0 Å². The molecular weight excluding hydrogens is 360 g/mol. The van der Waals surface area contributed by atoms with Crippen LogP contribution in [-0.4, -0.2) is 24.1 Å². The van der Waals surface area contributed by atoms with E-state index in [1.807, 2.05) is 42.5 Å². The fourth-order valence-corrected chi connectivity index (χ4v) is 2.64. The predicted octanol–water partition coefficient (Wildman–Crippen LogP) is 4.12. The number of aliphatic imine (C=N–C) groups is 1. The molecule has 0 amide bonds. The van der Waals surface area contributed by atoms with Crippen molar-refractivity contribution >= 4 is 32.9 Å². The van der Waals surface area contributed by atoms with Crippen LogP contribution in [0.1, 0.15) is 5.56 Å². The Labute approximate surface area is 144 Å². The average Bonchev–Trinajstić information content (AvgIpc) is 2.54. The first kappa shape index (κ1) is 16.9. The number of hydrogen-bond acceptors (Lipinski definition) is 3. The molecule has 3 nitrogen and oxygen atoms in total. The van der Waals surface area contributed by atoms with Crippen molar-refractivity contribution < 1.29 is 4.74 Å². The molecular formula is C17H19BrN2OS. The third-order valence-corrected chi connectivity index (χ3v) is 4.25. The van der Waals surface area contributed by atoms with E-state index in [9.17, 15) is 0 Å². The molecule has 116 valence electrons. The molecule has 2 rings (SSSR count). The Morgan fingerprint density at radius 1 is 1.09 bits per heavy atom. The van der Waals surface area contributed by atoms with Gasteiger partial charge in [0.1, 0.15) is 5.75 Å². The van der Waals surface area contributed by atoms with Crippen molar-refractivity contribution in [3.05, 3.63) is 64.6 Å². The van der Waals surface area contributed by atoms with Gasteiger partial charge < -0.3 is 10.5 Å². The second-order valence-corrected chi connectivity index (χ2v) is 6.64. The van der Waals surface area contributed by atoms with Crippen molar-refractivity contribution in [2.24, 2.45) is 10.7 Å². The van der Waals surface area contributed by atoms with Gasteiger partial charge in [-0.15, -0.1) is 0 Å². The SMILES string of the molecule is NC(=NCCc1ccccc1)SCCOc1ccc(Br)cc1. The molecule has 0 radical (unpaired) electrons. The molecule has 2 aromatic rings. The van der Waals surface area contributed by atoms with Gasteiger partial charge in [-0.1, -0.05) is 58.0 Å². The Morgan fingerprint density at radius 2 is 1.82 bits per heavy atom. The Morgan fingerprint density at radius 3 is 2.55 bits per heavy atom. The van der Waals surface area contributed by atoms with E-state index in [4.69, 9.17) is 10.5 Å². The van der Waals surface area contributed by atoms with Gasteiger partial charge in [0.25, 0.3) is 0 Å². The van der Waals surface area contributed by atoms with Crippen LogP contribution in [0.5, 0.6) is 5.75 Å². The maximum Gasteiger partial charge on any atom is 0.154 e. The summed E-state index contributed by atoms with van der Waals surface area (Å²) < 4.78 is 6.68. The van der Waals surface area contributed by atoms with Crippen LogP contribution in [0.15, 0.2) is 64.1 Å². The van der Waals surface area contributed by atoms with Crippen molar-refractivity contribution in [2.75, 3.05) is 18.9 Å². The molecule has 0 fully saturated rings. The summed E-state index contributed by atoms with van der Waals surface area (Å²) in [4.78, 5) is 4.37. The van der Waals surface area contributed by atoms with E-state index >= 15 is 0 Å². The lowest BCUT2D eigenvalue weighted by molar-refractivity contribution is 0.344. The molecule has 0 unspecified atom stereocenters. The molecule has 0 heterocycles. The summed E-state index contributed by atoms with van der Waals surface area (Å²) in [6, 6.07) is 18.1. The Balaban J connectivity index is 1.61. The summed E-state index contributed by atoms with van der Waals surface area (Å²) in [6.07, 6.45) is 0.914. The minimum absolute atomic E-state index is 0.612. The fourth-order valence-electron chi connectivity index (χ4n) is 1.82. The first-order valence-corrected chi connectivity index (χ1v) is 8.87. The maximum atomic E-state index is 5.89. The lowest BCUT2D eigenvalue weighted by Crippen LogP contribution is -2.11. The van der Waals surface area contributed by atoms with Gasteiger partial charge in [-0.2, -0.15) is 0 Å². The number of hydrogen-bond donors (Lipinski definition) is 1. The van der Waals surface area contributed by atoms with Crippen LogP contribution < -0.4 is 10.5 Å². The van der Waals surface area contributed by atoms with Crippen LogP contribution >= 0.6 is 27.7 Å². The summed E-state index contributed by atoms with van der Waals surface area (Å²) in [5.41, 5.74) is 7.17. The monoisotopic (exact) mass is 378 g/mol. The van der Waals surface area contributed by atoms with Gasteiger partial charge in [0, 0.05) is 16.8 Å². The number of rotatable bonds is 7. The van der Waals surface area contributed by atoms with E-state index < -0.39 is 0 Å². The Kier molecular flexibility index (Phi) is 7.33. The van der Waals surface area contributed by atoms with Gasteiger partial charge in [-0.05, 0) is 36.2 Å². The van der Waals surface area contributed by atoms with Crippen molar-refractivity contribution in [3.63, 3.8) is 0 Å². The van der Waals surface area contributed by atoms with E-state index in [0.717, 1.165) is 28.9 Å². The minimum atomic E-state index is 0.612. The molecule has 0 aromatic heterocycles. The van der Waals surface area contributed by atoms with Gasteiger partial charge in [0.05, 0.1) is 6.61 Å². The average molecular weight is 379 g/mol. The molecule has 0 aliphatic heterocycles. The third-order valence-electron chi connectivity index (χ3n) is 2.93. The number of benzene rings is 2. The zero-order valence-corrected chi connectivity index (χ0v) is 14.6. The van der Waals surface area contributed by atoms with E-state index in [-0.39, 0.29) is 0 Å². The zero-order chi connectivity index (χ0) is 15.6. The van der Waals surface area contributed by atoms with Crippen LogP contribution in [0, 0.1) is 0 Å². The number of nitrogens with two attached hydrogens (primary N) is 1. The van der Waals surface area contributed by atoms with Crippen molar-refractivity contribution in [1.29, 1.82) is 0 Å². The van der Waals surface area contributed by atoms with Gasteiger partial charge in [0.15, 0.2) is 5.17 Å².